The third kappa shape index (κ3) is 18.6. The summed E-state index contributed by atoms with van der Waals surface area (Å²) >= 11 is 0. The van der Waals surface area contributed by atoms with Crippen molar-refractivity contribution < 1.29 is 59.9 Å². The van der Waals surface area contributed by atoms with E-state index in [2.05, 4.69) is 26.5 Å². The van der Waals surface area contributed by atoms with Crippen LogP contribution in [0.4, 0.5) is 0 Å². The number of carbonyl (C=O) groups excluding carboxylic acids is 1. The lowest BCUT2D eigenvalue weighted by Crippen LogP contribution is -2.28. The van der Waals surface area contributed by atoms with Gasteiger partial charge in [0, 0.05) is 22.6 Å². The Morgan fingerprint density at radius 3 is 1.70 bits per heavy atom. The normalized spacial score (nSPS) is 21.2. The van der Waals surface area contributed by atoms with Crippen molar-refractivity contribution in [3.05, 3.63) is 83.5 Å². The number of esters is 1. The number of nitrogens with two attached hydrogens (primary N) is 2. The van der Waals surface area contributed by atoms with Gasteiger partial charge in [-0.15, -0.1) is 0 Å². The molecule has 0 spiro atoms. The van der Waals surface area contributed by atoms with Gasteiger partial charge in [0.05, 0.1) is 43.5 Å². The molecule has 2 aliphatic heterocycles. The summed E-state index contributed by atoms with van der Waals surface area (Å²) in [4.78, 5) is 11.7. The number of benzene rings is 2. The molecule has 1 aliphatic carbocycles. The zero-order chi connectivity index (χ0) is 42.8. The number of rotatable bonds is 14. The molecule has 10 N–H and O–H groups in total. The van der Waals surface area contributed by atoms with E-state index in [0.717, 1.165) is 56.4 Å². The Bertz CT molecular complexity index is 1790. The fourth-order valence-electron chi connectivity index (χ4n) is 5.66. The van der Waals surface area contributed by atoms with Gasteiger partial charge in [-0.25, -0.2) is 4.79 Å². The molecule has 0 saturated carbocycles. The monoisotopic (exact) mass is 840 g/mol. The van der Waals surface area contributed by atoms with E-state index >= 15 is 0 Å². The number of ether oxygens (including phenoxy) is 4. The number of hydrogen-bond donors (Lipinski definition) is 8. The summed E-state index contributed by atoms with van der Waals surface area (Å²) in [6, 6.07) is 14.4. The van der Waals surface area contributed by atoms with Crippen LogP contribution >= 0.6 is 0 Å². The first-order valence-electron chi connectivity index (χ1n) is 18.2. The molecule has 0 aromatic heterocycles. The second kappa shape index (κ2) is 23.1. The van der Waals surface area contributed by atoms with Crippen LogP contribution in [-0.2, 0) is 34.5 Å². The van der Waals surface area contributed by atoms with Crippen LogP contribution in [0.2, 0.25) is 0 Å². The summed E-state index contributed by atoms with van der Waals surface area (Å²) in [5, 5.41) is 30.4. The number of fused-ring (bicyclic) bond motifs is 3. The largest absolute Gasteiger partial charge is 0.494 e. The lowest BCUT2D eigenvalue weighted by molar-refractivity contribution is -0.140. The quantitative estimate of drug-likeness (QED) is 0.0198. The smallest absolute Gasteiger partial charge is 0.334 e. The number of carbonyl (C=O) groups is 1. The molecule has 4 atom stereocenters. The zero-order valence-corrected chi connectivity index (χ0v) is 33.9. The topological polar surface area (TPSA) is 306 Å². The molecule has 19 heteroatoms. The first-order valence-corrected chi connectivity index (χ1v) is 21.4. The first kappa shape index (κ1) is 48.8. The van der Waals surface area contributed by atoms with Gasteiger partial charge in [-0.3, -0.25) is 19.9 Å². The minimum atomic E-state index is -3.92. The van der Waals surface area contributed by atoms with E-state index in [-0.39, 0.29) is 41.4 Å². The summed E-state index contributed by atoms with van der Waals surface area (Å²) in [6.07, 6.45) is 9.16. The van der Waals surface area contributed by atoms with Gasteiger partial charge in [0.2, 0.25) is 0 Å². The Hall–Kier alpha value is -4.37. The first-order chi connectivity index (χ1) is 26.7. The summed E-state index contributed by atoms with van der Waals surface area (Å²) in [7, 11) is -7.85. The maximum Gasteiger partial charge on any atom is 0.334 e. The summed E-state index contributed by atoms with van der Waals surface area (Å²) < 4.78 is 76.8. The molecule has 2 heterocycles. The van der Waals surface area contributed by atoms with Crippen molar-refractivity contribution >= 4 is 37.9 Å². The Morgan fingerprint density at radius 2 is 1.32 bits per heavy atom. The molecule has 5 rings (SSSR count). The van der Waals surface area contributed by atoms with Crippen LogP contribution in [0.1, 0.15) is 69.9 Å². The third-order valence-corrected chi connectivity index (χ3v) is 10.3. The van der Waals surface area contributed by atoms with Crippen molar-refractivity contribution in [2.24, 2.45) is 17.4 Å². The molecule has 2 fully saturated rings. The second-order valence-corrected chi connectivity index (χ2v) is 16.8. The number of amidine groups is 2. The molecular formula is C38H56N4O13S2. The standard InChI is InChI=1S/C19H24N4O2.C15H20O3.2C2H6O4S/c20-18(21)14-4-8-16(9-5-14)24-12-2-1-3-13-25-17-10-6-15(7-11-17)19(22)23;1-9-5-4-8-15(3)13(18-15)12-11(7-6-9)10(2)14(16)17-12;2*3-1-2-7(4,5)6/h4-11H,1-3,12-13H2,(H3,20,21)(H3,22,23);5,11-13H,2,4,6-8H2,1,3H3;2*3H,1-2H2,(H,4,5,6). The molecule has 2 aromatic carbocycles. The van der Waals surface area contributed by atoms with E-state index in [0.29, 0.717) is 29.9 Å². The fraction of sp³-hybridized carbons (Fsp3) is 0.500. The van der Waals surface area contributed by atoms with Crippen molar-refractivity contribution in [2.75, 3.05) is 37.9 Å². The van der Waals surface area contributed by atoms with Crippen LogP contribution in [0, 0.1) is 16.7 Å². The van der Waals surface area contributed by atoms with Crippen LogP contribution in [0.5, 0.6) is 11.5 Å². The van der Waals surface area contributed by atoms with Crippen LogP contribution in [0.3, 0.4) is 0 Å². The summed E-state index contributed by atoms with van der Waals surface area (Å²) in [6.45, 7) is 8.41. The highest BCUT2D eigenvalue weighted by Gasteiger charge is 2.61. The number of unbranched alkanes of at least 4 members (excludes halogenated alkanes) is 2. The fourth-order valence-corrected chi connectivity index (χ4v) is 6.12. The van der Waals surface area contributed by atoms with Crippen molar-refractivity contribution in [1.82, 2.24) is 0 Å². The van der Waals surface area contributed by atoms with E-state index in [1.54, 1.807) is 24.3 Å². The molecule has 0 bridgehead atoms. The minimum absolute atomic E-state index is 0.0579. The van der Waals surface area contributed by atoms with E-state index in [1.807, 2.05) is 24.3 Å². The van der Waals surface area contributed by atoms with Gasteiger partial charge in [0.1, 0.15) is 35.4 Å². The molecule has 0 amide bonds. The predicted molar refractivity (Wildman–Crippen MR) is 215 cm³/mol. The van der Waals surface area contributed by atoms with Gasteiger partial charge in [0.25, 0.3) is 20.2 Å². The van der Waals surface area contributed by atoms with Crippen LogP contribution < -0.4 is 20.9 Å². The van der Waals surface area contributed by atoms with E-state index in [9.17, 15) is 21.6 Å². The predicted octanol–water partition coefficient (Wildman–Crippen LogP) is 3.38. The van der Waals surface area contributed by atoms with Gasteiger partial charge in [-0.1, -0.05) is 18.2 Å². The number of aliphatic hydroxyl groups excluding tert-OH is 2. The maximum absolute atomic E-state index is 11.7. The van der Waals surface area contributed by atoms with Crippen molar-refractivity contribution in [2.45, 2.75) is 76.6 Å². The highest BCUT2D eigenvalue weighted by molar-refractivity contribution is 7.86. The van der Waals surface area contributed by atoms with Crippen molar-refractivity contribution in [1.29, 1.82) is 10.8 Å². The third-order valence-electron chi connectivity index (χ3n) is 8.93. The molecular weight excluding hydrogens is 785 g/mol. The van der Waals surface area contributed by atoms with Crippen molar-refractivity contribution in [3.8, 4) is 11.5 Å². The number of nitrogens with one attached hydrogen (secondary N) is 2. The van der Waals surface area contributed by atoms with Gasteiger partial charge in [-0.2, -0.15) is 16.8 Å². The Balaban J connectivity index is 0.000000303. The number of aliphatic hydroxyl groups is 2. The average molecular weight is 841 g/mol. The molecule has 4 unspecified atom stereocenters. The van der Waals surface area contributed by atoms with Gasteiger partial charge < -0.3 is 40.6 Å². The van der Waals surface area contributed by atoms with Crippen LogP contribution in [-0.4, -0.2) is 110 Å². The molecule has 2 saturated heterocycles. The van der Waals surface area contributed by atoms with Crippen LogP contribution in [0.15, 0.2) is 72.3 Å². The molecule has 17 nitrogen and oxygen atoms in total. The van der Waals surface area contributed by atoms with E-state index in [1.165, 1.54) is 5.57 Å². The molecule has 57 heavy (non-hydrogen) atoms. The SMILES string of the molecule is C=C1C(=O)OC2C1CCC(C)=CCCC1(C)OC21.N=C(N)c1ccc(OCCCCCOc2ccc(C(=N)N)cc2)cc1.O=S(=O)(O)CCO.O=S(=O)(O)CCO. The van der Waals surface area contributed by atoms with Gasteiger partial charge in [-0.05, 0) is 107 Å². The van der Waals surface area contributed by atoms with Crippen LogP contribution in [0.25, 0.3) is 0 Å². The molecule has 2 aromatic rings. The lowest BCUT2D eigenvalue weighted by Gasteiger charge is -2.19. The Kier molecular flexibility index (Phi) is 19.8. The zero-order valence-electron chi connectivity index (χ0n) is 32.3. The van der Waals surface area contributed by atoms with E-state index < -0.39 is 45.0 Å². The minimum Gasteiger partial charge on any atom is -0.494 e. The molecule has 0 radical (unpaired) electrons. The molecule has 318 valence electrons. The second-order valence-electron chi connectivity index (χ2n) is 13.6. The number of nitrogen functional groups attached to an aromatic ring is 2. The highest BCUT2D eigenvalue weighted by atomic mass is 32.2. The number of epoxide rings is 1. The Morgan fingerprint density at radius 1 is 0.860 bits per heavy atom. The highest BCUT2D eigenvalue weighted by Crippen LogP contribution is 2.49. The van der Waals surface area contributed by atoms with Crippen molar-refractivity contribution in [3.63, 3.8) is 0 Å². The number of hydrogen-bond acceptors (Lipinski definition) is 13. The Labute approximate surface area is 334 Å². The average Bonchev–Trinajstić information content (AvgIpc) is 3.71. The van der Waals surface area contributed by atoms with Gasteiger partial charge >= 0.3 is 5.97 Å². The maximum atomic E-state index is 11.7. The summed E-state index contributed by atoms with van der Waals surface area (Å²) in [5.41, 5.74) is 14.1. The van der Waals surface area contributed by atoms with E-state index in [4.69, 9.17) is 60.6 Å². The number of allylic oxidation sites excluding steroid dienone is 2. The summed E-state index contributed by atoms with van der Waals surface area (Å²) in [5.74, 6) is 0.429. The van der Waals surface area contributed by atoms with Gasteiger partial charge in [0.15, 0.2) is 0 Å². The lowest BCUT2D eigenvalue weighted by atomic mass is 9.84. The molecule has 3 aliphatic rings.